The molecule has 1 N–H and O–H groups in total. The zero-order chi connectivity index (χ0) is 26.5. The van der Waals surface area contributed by atoms with Crippen LogP contribution in [0.5, 0.6) is 0 Å². The Bertz CT molecular complexity index is 1620. The maximum absolute atomic E-state index is 13.0. The number of hydrogen-bond donors (Lipinski definition) is 1. The molecule has 0 saturated heterocycles. The third-order valence-electron chi connectivity index (χ3n) is 5.58. The molecule has 14 heteroatoms. The fourth-order valence-corrected chi connectivity index (χ4v) is 4.62. The van der Waals surface area contributed by atoms with Crippen molar-refractivity contribution in [2.75, 3.05) is 29.6 Å². The lowest BCUT2D eigenvalue weighted by atomic mass is 9.98. The number of amidine groups is 1. The van der Waals surface area contributed by atoms with Gasteiger partial charge in [-0.2, -0.15) is 18.2 Å². The van der Waals surface area contributed by atoms with E-state index in [4.69, 9.17) is 11.6 Å². The van der Waals surface area contributed by atoms with Crippen molar-refractivity contribution in [1.29, 1.82) is 0 Å². The lowest BCUT2D eigenvalue weighted by Gasteiger charge is -2.28. The van der Waals surface area contributed by atoms with Gasteiger partial charge in [-0.3, -0.25) is 14.8 Å². The standard InChI is InChI=1S/C23H16ClF3N6O3S/c1-37(35,36)22-30-11-12-8-16(20-29-6-7-33(20)19(12)32-22)15-10-14(2-3-17(15)24)31-21(34)18-9-13(4-5-28-18)23(25,26)27/h2-5,8-11H,6-7H2,1H3,(H,31,34). The molecule has 2 aliphatic heterocycles. The van der Waals surface area contributed by atoms with Crippen molar-refractivity contribution >= 4 is 56.3 Å². The van der Waals surface area contributed by atoms with Crippen LogP contribution >= 0.6 is 11.6 Å². The summed E-state index contributed by atoms with van der Waals surface area (Å²) in [5, 5.41) is 2.57. The molecule has 9 nitrogen and oxygen atoms in total. The van der Waals surface area contributed by atoms with Crippen LogP contribution in [0.4, 0.5) is 24.7 Å². The highest BCUT2D eigenvalue weighted by atomic mass is 35.5. The van der Waals surface area contributed by atoms with Gasteiger partial charge in [0, 0.05) is 52.6 Å². The SMILES string of the molecule is CS(=O)(=O)c1ncc2c(n1)N1CCN=C1C(c1cc(NC(=O)c3cc(C(F)(F)F)ccn3)ccc1Cl)=C2. The van der Waals surface area contributed by atoms with Gasteiger partial charge in [-0.05, 0) is 36.4 Å². The minimum atomic E-state index is -4.62. The number of amides is 1. The minimum Gasteiger partial charge on any atom is -0.321 e. The Morgan fingerprint density at radius 3 is 2.68 bits per heavy atom. The van der Waals surface area contributed by atoms with Crippen molar-refractivity contribution in [3.8, 4) is 0 Å². The molecule has 0 saturated carbocycles. The number of nitrogens with one attached hydrogen (secondary N) is 1. The van der Waals surface area contributed by atoms with Crippen LogP contribution in [-0.4, -0.2) is 54.5 Å². The Hall–Kier alpha value is -3.84. The first-order valence-corrected chi connectivity index (χ1v) is 12.9. The Kier molecular flexibility index (Phi) is 5.99. The predicted octanol–water partition coefficient (Wildman–Crippen LogP) is 3.97. The summed E-state index contributed by atoms with van der Waals surface area (Å²) < 4.78 is 62.9. The number of pyridine rings is 1. The summed E-state index contributed by atoms with van der Waals surface area (Å²) in [5.41, 5.74) is 0.489. The summed E-state index contributed by atoms with van der Waals surface area (Å²) >= 11 is 6.48. The second-order valence-electron chi connectivity index (χ2n) is 8.19. The summed E-state index contributed by atoms with van der Waals surface area (Å²) in [7, 11) is -3.63. The van der Waals surface area contributed by atoms with E-state index in [1.165, 1.54) is 18.3 Å². The molecule has 37 heavy (non-hydrogen) atoms. The van der Waals surface area contributed by atoms with Gasteiger partial charge in [0.15, 0.2) is 0 Å². The van der Waals surface area contributed by atoms with E-state index in [9.17, 15) is 26.4 Å². The highest BCUT2D eigenvalue weighted by molar-refractivity contribution is 7.90. The Morgan fingerprint density at radius 1 is 1.16 bits per heavy atom. The first-order valence-electron chi connectivity index (χ1n) is 10.7. The largest absolute Gasteiger partial charge is 0.416 e. The molecule has 0 bridgehead atoms. The van der Waals surface area contributed by atoms with E-state index >= 15 is 0 Å². The van der Waals surface area contributed by atoms with Gasteiger partial charge in [-0.25, -0.2) is 13.4 Å². The Labute approximate surface area is 213 Å². The van der Waals surface area contributed by atoms with Crippen molar-refractivity contribution < 1.29 is 26.4 Å². The smallest absolute Gasteiger partial charge is 0.321 e. The van der Waals surface area contributed by atoms with E-state index < -0.39 is 33.2 Å². The molecule has 0 fully saturated rings. The van der Waals surface area contributed by atoms with E-state index in [0.717, 1.165) is 18.5 Å². The van der Waals surface area contributed by atoms with Gasteiger partial charge in [-0.1, -0.05) is 11.6 Å². The number of benzene rings is 1. The lowest BCUT2D eigenvalue weighted by Crippen LogP contribution is -2.32. The molecule has 0 spiro atoms. The second kappa shape index (κ2) is 8.92. The van der Waals surface area contributed by atoms with E-state index in [-0.39, 0.29) is 10.8 Å². The molecule has 2 aromatic heterocycles. The number of carbonyl (C=O) groups excluding carboxylic acids is 1. The fraction of sp³-hybridized carbons (Fsp3) is 0.174. The third kappa shape index (κ3) is 4.79. The molecule has 1 amide bonds. The quantitative estimate of drug-likeness (QED) is 0.490. The monoisotopic (exact) mass is 548 g/mol. The van der Waals surface area contributed by atoms with Gasteiger partial charge >= 0.3 is 6.18 Å². The number of carbonyl (C=O) groups is 1. The van der Waals surface area contributed by atoms with Crippen LogP contribution in [0.15, 0.2) is 52.9 Å². The van der Waals surface area contributed by atoms with Gasteiger partial charge in [0.2, 0.25) is 15.0 Å². The number of sulfone groups is 1. The Balaban J connectivity index is 1.51. The fourth-order valence-electron chi connectivity index (χ4n) is 3.90. The highest BCUT2D eigenvalue weighted by Gasteiger charge is 2.33. The predicted molar refractivity (Wildman–Crippen MR) is 131 cm³/mol. The number of nitrogens with zero attached hydrogens (tertiary/aromatic N) is 5. The summed E-state index contributed by atoms with van der Waals surface area (Å²) in [5.74, 6) is 0.0751. The van der Waals surface area contributed by atoms with Crippen LogP contribution in [0.2, 0.25) is 5.02 Å². The van der Waals surface area contributed by atoms with Gasteiger partial charge < -0.3 is 10.2 Å². The van der Waals surface area contributed by atoms with E-state index in [2.05, 4.69) is 25.3 Å². The van der Waals surface area contributed by atoms with Crippen LogP contribution in [0.1, 0.15) is 27.2 Å². The lowest BCUT2D eigenvalue weighted by molar-refractivity contribution is -0.137. The molecule has 3 aromatic rings. The summed E-state index contributed by atoms with van der Waals surface area (Å²) in [6.45, 7) is 0.884. The topological polar surface area (TPSA) is 118 Å². The number of fused-ring (bicyclic) bond motifs is 3. The number of halogens is 4. The van der Waals surface area contributed by atoms with E-state index in [0.29, 0.717) is 52.5 Å². The molecular formula is C23H16ClF3N6O3S. The number of alkyl halides is 3. The van der Waals surface area contributed by atoms with Crippen molar-refractivity contribution in [1.82, 2.24) is 15.0 Å². The highest BCUT2D eigenvalue weighted by Crippen LogP contribution is 2.38. The number of hydrogen-bond acceptors (Lipinski definition) is 8. The van der Waals surface area contributed by atoms with Crippen molar-refractivity contribution in [3.05, 3.63) is 70.1 Å². The van der Waals surface area contributed by atoms with Crippen LogP contribution in [0.3, 0.4) is 0 Å². The molecule has 190 valence electrons. The molecule has 5 rings (SSSR count). The molecule has 1 aromatic carbocycles. The maximum Gasteiger partial charge on any atom is 0.416 e. The molecule has 0 unspecified atom stereocenters. The van der Waals surface area contributed by atoms with E-state index in [1.54, 1.807) is 17.0 Å². The normalized spacial score (nSPS) is 15.0. The molecule has 0 radical (unpaired) electrons. The molecular weight excluding hydrogens is 533 g/mol. The summed E-state index contributed by atoms with van der Waals surface area (Å²) in [6, 6.07) is 6.05. The zero-order valence-corrected chi connectivity index (χ0v) is 20.5. The number of aromatic nitrogens is 3. The minimum absolute atomic E-state index is 0.268. The summed E-state index contributed by atoms with van der Waals surface area (Å²) in [4.78, 5) is 30.8. The van der Waals surface area contributed by atoms with Gasteiger partial charge in [0.05, 0.1) is 12.1 Å². The van der Waals surface area contributed by atoms with Gasteiger partial charge in [0.1, 0.15) is 17.3 Å². The zero-order valence-electron chi connectivity index (χ0n) is 18.9. The van der Waals surface area contributed by atoms with Crippen LogP contribution in [0, 0.1) is 0 Å². The number of anilines is 2. The van der Waals surface area contributed by atoms with Crippen molar-refractivity contribution in [2.45, 2.75) is 11.3 Å². The maximum atomic E-state index is 13.0. The second-order valence-corrected chi connectivity index (χ2v) is 10.5. The Morgan fingerprint density at radius 2 is 1.95 bits per heavy atom. The number of rotatable bonds is 4. The summed E-state index contributed by atoms with van der Waals surface area (Å²) in [6.07, 6.45) is 0.427. The third-order valence-corrected chi connectivity index (χ3v) is 6.77. The average Bonchev–Trinajstić information content (AvgIpc) is 3.34. The van der Waals surface area contributed by atoms with Crippen LogP contribution in [-0.2, 0) is 16.0 Å². The van der Waals surface area contributed by atoms with Gasteiger partial charge in [-0.15, -0.1) is 0 Å². The molecule has 0 aliphatic carbocycles. The van der Waals surface area contributed by atoms with E-state index in [1.807, 2.05) is 0 Å². The first kappa shape index (κ1) is 24.8. The molecule has 0 atom stereocenters. The average molecular weight is 549 g/mol. The van der Waals surface area contributed by atoms with Crippen molar-refractivity contribution in [2.24, 2.45) is 4.99 Å². The van der Waals surface area contributed by atoms with Crippen LogP contribution < -0.4 is 10.2 Å². The van der Waals surface area contributed by atoms with Crippen molar-refractivity contribution in [3.63, 3.8) is 0 Å². The number of aliphatic imine (C=N–C) groups is 1. The van der Waals surface area contributed by atoms with Gasteiger partial charge in [0.25, 0.3) is 5.91 Å². The first-order chi connectivity index (χ1) is 17.4. The molecule has 2 aliphatic rings. The molecule has 4 heterocycles. The van der Waals surface area contributed by atoms with Crippen LogP contribution in [0.25, 0.3) is 11.6 Å².